The maximum atomic E-state index is 12.0. The molecule has 0 unspecified atom stereocenters. The zero-order chi connectivity index (χ0) is 16.2. The fourth-order valence-corrected chi connectivity index (χ4v) is 3.67. The van der Waals surface area contributed by atoms with Gasteiger partial charge in [0.25, 0.3) is 0 Å². The molecule has 0 bridgehead atoms. The smallest absolute Gasteiger partial charge is 0.411 e. The van der Waals surface area contributed by atoms with Crippen LogP contribution in [0.4, 0.5) is 10.5 Å². The molecule has 1 fully saturated rings. The minimum atomic E-state index is -3.10. The van der Waals surface area contributed by atoms with Crippen molar-refractivity contribution in [3.63, 3.8) is 0 Å². The molecule has 0 radical (unpaired) electrons. The first-order valence-electron chi connectivity index (χ1n) is 6.85. The van der Waals surface area contributed by atoms with Crippen molar-refractivity contribution in [3.8, 4) is 0 Å². The van der Waals surface area contributed by atoms with Gasteiger partial charge in [-0.15, -0.1) is 0 Å². The van der Waals surface area contributed by atoms with Crippen molar-refractivity contribution >= 4 is 27.6 Å². The van der Waals surface area contributed by atoms with E-state index < -0.39 is 28.0 Å². The second kappa shape index (κ2) is 6.78. The number of nitrogens with one attached hydrogen (secondary N) is 1. The summed E-state index contributed by atoms with van der Waals surface area (Å²) in [5, 5.41) is 2.48. The highest BCUT2D eigenvalue weighted by atomic mass is 32.2. The minimum absolute atomic E-state index is 0.0371. The van der Waals surface area contributed by atoms with Crippen molar-refractivity contribution in [3.05, 3.63) is 29.8 Å². The maximum absolute atomic E-state index is 12.0. The normalized spacial score (nSPS) is 19.4. The molecule has 0 aliphatic carbocycles. The second-order valence-electron chi connectivity index (χ2n) is 4.86. The summed E-state index contributed by atoms with van der Waals surface area (Å²) in [7, 11) is -3.10. The highest BCUT2D eigenvalue weighted by molar-refractivity contribution is 7.91. The Balaban J connectivity index is 2.00. The lowest BCUT2D eigenvalue weighted by Crippen LogP contribution is -2.19. The summed E-state index contributed by atoms with van der Waals surface area (Å²) >= 11 is 0. The second-order valence-corrected chi connectivity index (χ2v) is 7.09. The molecule has 1 aliphatic heterocycles. The van der Waals surface area contributed by atoms with Crippen LogP contribution in [0.2, 0.25) is 0 Å². The fraction of sp³-hybridized carbons (Fsp3) is 0.429. The van der Waals surface area contributed by atoms with Crippen LogP contribution in [0.15, 0.2) is 24.3 Å². The standard InChI is InChI=1S/C14H17NO6S/c1-2-20-14(17)15-11-5-3-4-10(8-11)13(16)21-12-6-7-22(18,19)9-12/h3-5,8,12H,2,6-7,9H2,1H3,(H,15,17)/t12-/m0/s1. The van der Waals surface area contributed by atoms with Gasteiger partial charge in [0, 0.05) is 5.69 Å². The predicted octanol–water partition coefficient (Wildman–Crippen LogP) is 1.60. The number of rotatable bonds is 4. The number of anilines is 1. The van der Waals surface area contributed by atoms with Gasteiger partial charge in [-0.05, 0) is 31.5 Å². The number of carbonyl (C=O) groups excluding carboxylic acids is 2. The molecule has 1 aliphatic rings. The van der Waals surface area contributed by atoms with E-state index in [-0.39, 0.29) is 23.7 Å². The Morgan fingerprint density at radius 1 is 1.36 bits per heavy atom. The summed E-state index contributed by atoms with van der Waals surface area (Å²) in [6, 6.07) is 6.17. The number of sulfone groups is 1. The molecule has 22 heavy (non-hydrogen) atoms. The minimum Gasteiger partial charge on any atom is -0.458 e. The average molecular weight is 327 g/mol. The average Bonchev–Trinajstić information content (AvgIpc) is 2.78. The molecule has 0 spiro atoms. The van der Waals surface area contributed by atoms with Crippen LogP contribution in [0.25, 0.3) is 0 Å². The third kappa shape index (κ3) is 4.45. The molecule has 1 aromatic rings. The van der Waals surface area contributed by atoms with Crippen LogP contribution in [0, 0.1) is 0 Å². The number of benzene rings is 1. The molecule has 7 nitrogen and oxygen atoms in total. The van der Waals surface area contributed by atoms with Crippen LogP contribution >= 0.6 is 0 Å². The van der Waals surface area contributed by atoms with Gasteiger partial charge in [-0.25, -0.2) is 18.0 Å². The van der Waals surface area contributed by atoms with E-state index in [0.717, 1.165) is 0 Å². The van der Waals surface area contributed by atoms with Crippen LogP contribution in [0.5, 0.6) is 0 Å². The van der Waals surface area contributed by atoms with E-state index in [4.69, 9.17) is 9.47 Å². The third-order valence-electron chi connectivity index (χ3n) is 3.08. The van der Waals surface area contributed by atoms with Gasteiger partial charge in [0.05, 0.1) is 23.7 Å². The first-order chi connectivity index (χ1) is 10.4. The van der Waals surface area contributed by atoms with E-state index in [9.17, 15) is 18.0 Å². The molecule has 1 amide bonds. The first-order valence-corrected chi connectivity index (χ1v) is 8.67. The number of hydrogen-bond acceptors (Lipinski definition) is 6. The quantitative estimate of drug-likeness (QED) is 0.843. The van der Waals surface area contributed by atoms with E-state index in [1.807, 2.05) is 0 Å². The summed E-state index contributed by atoms with van der Waals surface area (Å²) in [6.07, 6.45) is -0.913. The van der Waals surface area contributed by atoms with Crippen molar-refractivity contribution in [2.24, 2.45) is 0 Å². The lowest BCUT2D eigenvalue weighted by atomic mass is 10.2. The fourth-order valence-electron chi connectivity index (χ4n) is 2.08. The summed E-state index contributed by atoms with van der Waals surface area (Å²) in [5.74, 6) is -0.718. The molecule has 1 aromatic carbocycles. The van der Waals surface area contributed by atoms with Crippen LogP contribution < -0.4 is 5.32 Å². The molecule has 1 atom stereocenters. The highest BCUT2D eigenvalue weighted by Crippen LogP contribution is 2.18. The van der Waals surface area contributed by atoms with E-state index >= 15 is 0 Å². The van der Waals surface area contributed by atoms with E-state index in [2.05, 4.69) is 5.32 Å². The Morgan fingerprint density at radius 2 is 2.14 bits per heavy atom. The molecular weight excluding hydrogens is 310 g/mol. The molecule has 0 aromatic heterocycles. The monoisotopic (exact) mass is 327 g/mol. The number of hydrogen-bond donors (Lipinski definition) is 1. The Hall–Kier alpha value is -2.09. The molecule has 1 N–H and O–H groups in total. The van der Waals surface area contributed by atoms with Gasteiger partial charge in [0.15, 0.2) is 9.84 Å². The Bertz CT molecular complexity index is 670. The Morgan fingerprint density at radius 3 is 2.77 bits per heavy atom. The number of carbonyl (C=O) groups is 2. The molecular formula is C14H17NO6S. The molecule has 1 saturated heterocycles. The van der Waals surface area contributed by atoms with Crippen LogP contribution in [0.3, 0.4) is 0 Å². The Kier molecular flexibility index (Phi) is 5.02. The molecule has 8 heteroatoms. The summed E-state index contributed by atoms with van der Waals surface area (Å²) in [6.45, 7) is 1.92. The van der Waals surface area contributed by atoms with Crippen molar-refractivity contribution in [2.45, 2.75) is 19.4 Å². The van der Waals surface area contributed by atoms with Gasteiger partial charge >= 0.3 is 12.1 Å². The van der Waals surface area contributed by atoms with Crippen LogP contribution in [-0.2, 0) is 19.3 Å². The maximum Gasteiger partial charge on any atom is 0.411 e. The molecule has 0 saturated carbocycles. The first kappa shape index (κ1) is 16.3. The lowest BCUT2D eigenvalue weighted by molar-refractivity contribution is 0.0356. The van der Waals surface area contributed by atoms with Gasteiger partial charge in [0.1, 0.15) is 6.10 Å². The number of amides is 1. The van der Waals surface area contributed by atoms with Crippen LogP contribution in [-0.4, -0.2) is 44.7 Å². The van der Waals surface area contributed by atoms with E-state index in [0.29, 0.717) is 12.1 Å². The van der Waals surface area contributed by atoms with Gasteiger partial charge in [-0.3, -0.25) is 5.32 Å². The highest BCUT2D eigenvalue weighted by Gasteiger charge is 2.30. The van der Waals surface area contributed by atoms with Gasteiger partial charge in [-0.2, -0.15) is 0 Å². The summed E-state index contributed by atoms with van der Waals surface area (Å²) < 4.78 is 32.6. The SMILES string of the molecule is CCOC(=O)Nc1cccc(C(=O)O[C@H]2CCS(=O)(=O)C2)c1. The molecule has 1 heterocycles. The molecule has 120 valence electrons. The van der Waals surface area contributed by atoms with Crippen molar-refractivity contribution in [1.29, 1.82) is 0 Å². The van der Waals surface area contributed by atoms with Gasteiger partial charge < -0.3 is 9.47 Å². The van der Waals surface area contributed by atoms with Crippen molar-refractivity contribution in [2.75, 3.05) is 23.4 Å². The van der Waals surface area contributed by atoms with Gasteiger partial charge in [0.2, 0.25) is 0 Å². The zero-order valence-corrected chi connectivity index (χ0v) is 12.9. The summed E-state index contributed by atoms with van der Waals surface area (Å²) in [5.41, 5.74) is 0.630. The largest absolute Gasteiger partial charge is 0.458 e. The van der Waals surface area contributed by atoms with Gasteiger partial charge in [-0.1, -0.05) is 6.07 Å². The van der Waals surface area contributed by atoms with E-state index in [1.54, 1.807) is 19.1 Å². The predicted molar refractivity (Wildman–Crippen MR) is 79.6 cm³/mol. The van der Waals surface area contributed by atoms with E-state index in [1.165, 1.54) is 12.1 Å². The van der Waals surface area contributed by atoms with Crippen molar-refractivity contribution < 1.29 is 27.5 Å². The number of esters is 1. The lowest BCUT2D eigenvalue weighted by Gasteiger charge is -2.11. The molecule has 2 rings (SSSR count). The summed E-state index contributed by atoms with van der Waals surface area (Å²) in [4.78, 5) is 23.3. The Labute approximate surface area is 128 Å². The van der Waals surface area contributed by atoms with Crippen molar-refractivity contribution in [1.82, 2.24) is 0 Å². The zero-order valence-electron chi connectivity index (χ0n) is 12.1. The number of ether oxygens (including phenoxy) is 2. The third-order valence-corrected chi connectivity index (χ3v) is 4.82. The topological polar surface area (TPSA) is 98.8 Å². The van der Waals surface area contributed by atoms with Crippen LogP contribution in [0.1, 0.15) is 23.7 Å².